The fraction of sp³-hybridized carbons (Fsp3) is 0.765. The second kappa shape index (κ2) is 4.80. The van der Waals surface area contributed by atoms with Gasteiger partial charge in [-0.15, -0.1) is 0 Å². The molecule has 1 aliphatic heterocycles. The van der Waals surface area contributed by atoms with E-state index in [1.807, 2.05) is 0 Å². The Morgan fingerprint density at radius 3 is 2.75 bits per heavy atom. The zero-order valence-electron chi connectivity index (χ0n) is 12.7. The molecule has 4 rings (SSSR count). The Morgan fingerprint density at radius 2 is 2.05 bits per heavy atom. The smallest absolute Gasteiger partial charge is 0.132 e. The maximum Gasteiger partial charge on any atom is 0.132 e. The van der Waals surface area contributed by atoms with Crippen LogP contribution in [-0.4, -0.2) is 16.5 Å². The van der Waals surface area contributed by atoms with Gasteiger partial charge in [0.1, 0.15) is 5.82 Å². The van der Waals surface area contributed by atoms with Gasteiger partial charge in [-0.05, 0) is 37.0 Å². The molecule has 20 heavy (non-hydrogen) atoms. The van der Waals surface area contributed by atoms with Crippen LogP contribution in [-0.2, 0) is 13.0 Å². The second-order valence-electron chi connectivity index (χ2n) is 7.26. The predicted molar refractivity (Wildman–Crippen MR) is 79.7 cm³/mol. The molecule has 2 fully saturated rings. The highest BCUT2D eigenvalue weighted by Crippen LogP contribution is 2.52. The van der Waals surface area contributed by atoms with Crippen LogP contribution in [0.4, 0.5) is 0 Å². The summed E-state index contributed by atoms with van der Waals surface area (Å²) in [5, 5.41) is 3.47. The first kappa shape index (κ1) is 12.8. The third-order valence-electron chi connectivity index (χ3n) is 5.60. The molecule has 2 aliphatic carbocycles. The average molecular weight is 271 g/mol. The molecule has 2 saturated carbocycles. The van der Waals surface area contributed by atoms with E-state index < -0.39 is 0 Å². The van der Waals surface area contributed by atoms with Gasteiger partial charge in [0, 0.05) is 31.0 Å². The second-order valence-corrected chi connectivity index (χ2v) is 7.26. The van der Waals surface area contributed by atoms with Crippen LogP contribution in [0.15, 0.2) is 0 Å². The van der Waals surface area contributed by atoms with Gasteiger partial charge in [0.05, 0.1) is 11.4 Å². The van der Waals surface area contributed by atoms with Gasteiger partial charge in [-0.3, -0.25) is 0 Å². The minimum Gasteiger partial charge on any atom is -0.312 e. The molecule has 2 bridgehead atoms. The molecular weight excluding hydrogens is 246 g/mol. The number of hydrogen-bond donors (Lipinski definition) is 1. The van der Waals surface area contributed by atoms with Crippen molar-refractivity contribution >= 4 is 0 Å². The highest BCUT2D eigenvalue weighted by Gasteiger charge is 2.42. The monoisotopic (exact) mass is 271 g/mol. The molecule has 0 aromatic carbocycles. The van der Waals surface area contributed by atoms with Crippen LogP contribution in [0.2, 0.25) is 0 Å². The molecule has 1 aromatic heterocycles. The molecule has 108 valence electrons. The lowest BCUT2D eigenvalue weighted by molar-refractivity contribution is 0.401. The molecule has 3 atom stereocenters. The van der Waals surface area contributed by atoms with Crippen LogP contribution < -0.4 is 5.32 Å². The van der Waals surface area contributed by atoms with E-state index in [-0.39, 0.29) is 0 Å². The fourth-order valence-corrected chi connectivity index (χ4v) is 4.59. The van der Waals surface area contributed by atoms with Gasteiger partial charge in [-0.1, -0.05) is 20.3 Å². The Bertz CT molecular complexity index is 523. The van der Waals surface area contributed by atoms with Gasteiger partial charge in [-0.25, -0.2) is 9.97 Å². The number of nitrogens with zero attached hydrogens (tertiary/aromatic N) is 2. The van der Waals surface area contributed by atoms with Gasteiger partial charge in [-0.2, -0.15) is 0 Å². The first-order chi connectivity index (χ1) is 9.72. The van der Waals surface area contributed by atoms with Crippen molar-refractivity contribution in [3.8, 4) is 0 Å². The topological polar surface area (TPSA) is 37.8 Å². The van der Waals surface area contributed by atoms with Crippen molar-refractivity contribution in [2.45, 2.75) is 64.3 Å². The first-order valence-electron chi connectivity index (χ1n) is 8.32. The van der Waals surface area contributed by atoms with Crippen molar-refractivity contribution < 1.29 is 0 Å². The minimum absolute atomic E-state index is 0.504. The summed E-state index contributed by atoms with van der Waals surface area (Å²) in [7, 11) is 0. The summed E-state index contributed by atoms with van der Waals surface area (Å²) in [6.07, 6.45) is 6.72. The zero-order chi connectivity index (χ0) is 13.7. The lowest BCUT2D eigenvalue weighted by atomic mass is 9.87. The maximum atomic E-state index is 5.04. The molecule has 3 heteroatoms. The van der Waals surface area contributed by atoms with Crippen LogP contribution in [0, 0.1) is 11.8 Å². The lowest BCUT2D eigenvalue weighted by Crippen LogP contribution is -2.28. The summed E-state index contributed by atoms with van der Waals surface area (Å²) in [6, 6.07) is 0. The van der Waals surface area contributed by atoms with Crippen molar-refractivity contribution in [3.63, 3.8) is 0 Å². The molecule has 0 radical (unpaired) electrons. The Hall–Kier alpha value is -0.960. The van der Waals surface area contributed by atoms with Gasteiger partial charge in [0.25, 0.3) is 0 Å². The van der Waals surface area contributed by atoms with Gasteiger partial charge in [0.15, 0.2) is 0 Å². The molecule has 3 nitrogen and oxygen atoms in total. The van der Waals surface area contributed by atoms with E-state index in [2.05, 4.69) is 19.2 Å². The van der Waals surface area contributed by atoms with E-state index in [0.29, 0.717) is 11.8 Å². The van der Waals surface area contributed by atoms with E-state index in [9.17, 15) is 0 Å². The summed E-state index contributed by atoms with van der Waals surface area (Å²) in [4.78, 5) is 10.0. The average Bonchev–Trinajstić information content (AvgIpc) is 3.08. The molecule has 0 saturated heterocycles. The quantitative estimate of drug-likeness (QED) is 0.898. The zero-order valence-corrected chi connectivity index (χ0v) is 12.7. The van der Waals surface area contributed by atoms with Crippen LogP contribution in [0.25, 0.3) is 0 Å². The third kappa shape index (κ3) is 1.98. The molecule has 3 unspecified atom stereocenters. The normalized spacial score (nSPS) is 31.9. The molecular formula is C17H25N3. The molecule has 0 spiro atoms. The Kier molecular flexibility index (Phi) is 3.06. The molecule has 1 aromatic rings. The Balaban J connectivity index is 1.75. The van der Waals surface area contributed by atoms with Crippen molar-refractivity contribution in [1.29, 1.82) is 0 Å². The van der Waals surface area contributed by atoms with Crippen molar-refractivity contribution in [3.05, 3.63) is 22.8 Å². The van der Waals surface area contributed by atoms with Crippen LogP contribution in [0.1, 0.15) is 74.1 Å². The van der Waals surface area contributed by atoms with Gasteiger partial charge in [0.2, 0.25) is 0 Å². The van der Waals surface area contributed by atoms with Crippen LogP contribution in [0.3, 0.4) is 0 Å². The van der Waals surface area contributed by atoms with Crippen LogP contribution in [0.5, 0.6) is 0 Å². The maximum absolute atomic E-state index is 5.04. The summed E-state index contributed by atoms with van der Waals surface area (Å²) in [6.45, 7) is 6.56. The summed E-state index contributed by atoms with van der Waals surface area (Å²) < 4.78 is 0. The van der Waals surface area contributed by atoms with E-state index in [0.717, 1.165) is 31.3 Å². The van der Waals surface area contributed by atoms with Gasteiger partial charge >= 0.3 is 0 Å². The Labute approximate surface area is 121 Å². The van der Waals surface area contributed by atoms with Crippen molar-refractivity contribution in [2.75, 3.05) is 6.54 Å². The molecule has 2 heterocycles. The molecule has 0 amide bonds. The largest absolute Gasteiger partial charge is 0.312 e. The van der Waals surface area contributed by atoms with E-state index in [4.69, 9.17) is 9.97 Å². The highest BCUT2D eigenvalue weighted by atomic mass is 15.0. The van der Waals surface area contributed by atoms with Crippen LogP contribution >= 0.6 is 0 Å². The summed E-state index contributed by atoms with van der Waals surface area (Å²) in [5.74, 6) is 4.19. The first-order valence-corrected chi connectivity index (χ1v) is 8.32. The number of fused-ring (bicyclic) bond motifs is 3. The van der Waals surface area contributed by atoms with E-state index in [1.165, 1.54) is 48.5 Å². The molecule has 1 N–H and O–H groups in total. The SMILES string of the molecule is CC(C)c1nc(C2CC3CCC2C3)nc2c1CNCC2. The standard InChI is InChI=1S/C17H25N3/c1-10(2)16-14-9-18-6-5-15(14)19-17(20-16)13-8-11-3-4-12(13)7-11/h10-13,18H,3-9H2,1-2H3. The van der Waals surface area contributed by atoms with Crippen molar-refractivity contribution in [2.24, 2.45) is 11.8 Å². The lowest BCUT2D eigenvalue weighted by Gasteiger charge is -2.26. The van der Waals surface area contributed by atoms with Crippen molar-refractivity contribution in [1.82, 2.24) is 15.3 Å². The predicted octanol–water partition coefficient (Wildman–Crippen LogP) is 3.15. The van der Waals surface area contributed by atoms with E-state index >= 15 is 0 Å². The fourth-order valence-electron chi connectivity index (χ4n) is 4.59. The summed E-state index contributed by atoms with van der Waals surface area (Å²) in [5.41, 5.74) is 4.03. The summed E-state index contributed by atoms with van der Waals surface area (Å²) >= 11 is 0. The molecule has 3 aliphatic rings. The van der Waals surface area contributed by atoms with Gasteiger partial charge < -0.3 is 5.32 Å². The number of aromatic nitrogens is 2. The number of nitrogens with one attached hydrogen (secondary N) is 1. The third-order valence-corrected chi connectivity index (χ3v) is 5.60. The highest BCUT2D eigenvalue weighted by molar-refractivity contribution is 5.31. The number of hydrogen-bond acceptors (Lipinski definition) is 3. The number of rotatable bonds is 2. The minimum atomic E-state index is 0.504. The van der Waals surface area contributed by atoms with E-state index in [1.54, 1.807) is 0 Å². The Morgan fingerprint density at radius 1 is 1.15 bits per heavy atom.